The molecular formula is C14H17ClN2O2. The van der Waals surface area contributed by atoms with Crippen LogP contribution in [0.25, 0.3) is 0 Å². The third-order valence-electron chi connectivity index (χ3n) is 3.45. The van der Waals surface area contributed by atoms with Crippen LogP contribution in [-0.4, -0.2) is 25.4 Å². The van der Waals surface area contributed by atoms with Gasteiger partial charge in [0.05, 0.1) is 5.41 Å². The second-order valence-electron chi connectivity index (χ2n) is 4.77. The number of rotatable bonds is 7. The second-order valence-corrected chi connectivity index (χ2v) is 5.21. The van der Waals surface area contributed by atoms with Crippen molar-refractivity contribution in [2.24, 2.45) is 0 Å². The first-order valence-corrected chi connectivity index (χ1v) is 6.78. The van der Waals surface area contributed by atoms with Crippen LogP contribution in [0.15, 0.2) is 24.3 Å². The number of carbonyl (C=O) groups excluding carboxylic acids is 2. The van der Waals surface area contributed by atoms with E-state index in [1.807, 2.05) is 24.3 Å². The molecule has 0 saturated heterocycles. The first-order valence-electron chi connectivity index (χ1n) is 6.40. The van der Waals surface area contributed by atoms with Crippen LogP contribution >= 0.6 is 11.6 Å². The van der Waals surface area contributed by atoms with Gasteiger partial charge >= 0.3 is 0 Å². The molecule has 1 aliphatic rings. The number of carbonyl (C=O) groups is 2. The Balaban J connectivity index is 1.88. The van der Waals surface area contributed by atoms with Gasteiger partial charge in [-0.25, -0.2) is 0 Å². The van der Waals surface area contributed by atoms with Gasteiger partial charge in [-0.1, -0.05) is 23.7 Å². The lowest BCUT2D eigenvalue weighted by atomic mass is 9.95. The van der Waals surface area contributed by atoms with Crippen LogP contribution in [0, 0.1) is 0 Å². The standard InChI is InChI=1S/C14H17ClN2O2/c15-12-4-2-11(3-5-12)14(6-7-14)13(19)17-9-1-8-16-10-18/h2-5,10H,1,6-9H2,(H,16,18)(H,17,19). The van der Waals surface area contributed by atoms with E-state index in [-0.39, 0.29) is 11.3 Å². The predicted octanol–water partition coefficient (Wildman–Crippen LogP) is 1.62. The molecule has 0 aliphatic heterocycles. The smallest absolute Gasteiger partial charge is 0.230 e. The average Bonchev–Trinajstić information content (AvgIpc) is 3.21. The van der Waals surface area contributed by atoms with Crippen LogP contribution in [0.3, 0.4) is 0 Å². The summed E-state index contributed by atoms with van der Waals surface area (Å²) in [5.74, 6) is 0.0703. The number of amides is 2. The van der Waals surface area contributed by atoms with E-state index in [0.29, 0.717) is 24.5 Å². The molecule has 102 valence electrons. The Morgan fingerprint density at radius 2 is 1.95 bits per heavy atom. The summed E-state index contributed by atoms with van der Waals surface area (Å²) in [5, 5.41) is 6.18. The summed E-state index contributed by atoms with van der Waals surface area (Å²) >= 11 is 5.86. The normalized spacial score (nSPS) is 15.6. The number of nitrogens with one attached hydrogen (secondary N) is 2. The van der Waals surface area contributed by atoms with Crippen molar-refractivity contribution in [2.75, 3.05) is 13.1 Å². The molecule has 2 rings (SSSR count). The molecule has 0 atom stereocenters. The van der Waals surface area contributed by atoms with E-state index in [4.69, 9.17) is 11.6 Å². The number of hydrogen-bond acceptors (Lipinski definition) is 2. The first kappa shape index (κ1) is 13.9. The van der Waals surface area contributed by atoms with Gasteiger partial charge in [0.2, 0.25) is 12.3 Å². The highest BCUT2D eigenvalue weighted by Gasteiger charge is 2.50. The van der Waals surface area contributed by atoms with E-state index in [0.717, 1.165) is 24.8 Å². The van der Waals surface area contributed by atoms with Gasteiger partial charge in [0.25, 0.3) is 0 Å². The summed E-state index contributed by atoms with van der Waals surface area (Å²) in [7, 11) is 0. The molecular weight excluding hydrogens is 264 g/mol. The average molecular weight is 281 g/mol. The van der Waals surface area contributed by atoms with Gasteiger partial charge in [0.15, 0.2) is 0 Å². The molecule has 2 N–H and O–H groups in total. The van der Waals surface area contributed by atoms with Gasteiger partial charge in [0.1, 0.15) is 0 Å². The molecule has 1 fully saturated rings. The molecule has 19 heavy (non-hydrogen) atoms. The minimum absolute atomic E-state index is 0.0703. The van der Waals surface area contributed by atoms with Gasteiger partial charge in [-0.3, -0.25) is 9.59 Å². The Kier molecular flexibility index (Phi) is 4.43. The lowest BCUT2D eigenvalue weighted by Crippen LogP contribution is -2.36. The van der Waals surface area contributed by atoms with Gasteiger partial charge < -0.3 is 10.6 Å². The zero-order valence-corrected chi connectivity index (χ0v) is 11.4. The van der Waals surface area contributed by atoms with Gasteiger partial charge in [-0.2, -0.15) is 0 Å². The van der Waals surface area contributed by atoms with Crippen LogP contribution < -0.4 is 10.6 Å². The topological polar surface area (TPSA) is 58.2 Å². The second kappa shape index (κ2) is 6.06. The summed E-state index contributed by atoms with van der Waals surface area (Å²) < 4.78 is 0. The first-order chi connectivity index (χ1) is 9.19. The minimum Gasteiger partial charge on any atom is -0.359 e. The highest BCUT2D eigenvalue weighted by atomic mass is 35.5. The molecule has 1 aliphatic carbocycles. The summed E-state index contributed by atoms with van der Waals surface area (Å²) in [4.78, 5) is 22.3. The number of halogens is 1. The Labute approximate surface area is 117 Å². The molecule has 0 unspecified atom stereocenters. The quantitative estimate of drug-likeness (QED) is 0.589. The van der Waals surface area contributed by atoms with Crippen molar-refractivity contribution in [1.29, 1.82) is 0 Å². The van der Waals surface area contributed by atoms with Crippen molar-refractivity contribution in [3.63, 3.8) is 0 Å². The third-order valence-corrected chi connectivity index (χ3v) is 3.70. The van der Waals surface area contributed by atoms with E-state index < -0.39 is 0 Å². The van der Waals surface area contributed by atoms with E-state index in [2.05, 4.69) is 10.6 Å². The molecule has 5 heteroatoms. The van der Waals surface area contributed by atoms with Crippen molar-refractivity contribution in [3.05, 3.63) is 34.9 Å². The highest BCUT2D eigenvalue weighted by molar-refractivity contribution is 6.30. The van der Waals surface area contributed by atoms with Crippen LogP contribution in [0.4, 0.5) is 0 Å². The minimum atomic E-state index is -0.358. The Bertz CT molecular complexity index is 455. The van der Waals surface area contributed by atoms with Crippen LogP contribution in [0.2, 0.25) is 5.02 Å². The maximum atomic E-state index is 12.2. The van der Waals surface area contributed by atoms with E-state index in [1.54, 1.807) is 0 Å². The monoisotopic (exact) mass is 280 g/mol. The lowest BCUT2D eigenvalue weighted by molar-refractivity contribution is -0.123. The molecule has 1 saturated carbocycles. The molecule has 2 amide bonds. The molecule has 1 aromatic rings. The van der Waals surface area contributed by atoms with Crippen molar-refractivity contribution in [2.45, 2.75) is 24.7 Å². The van der Waals surface area contributed by atoms with Crippen molar-refractivity contribution >= 4 is 23.9 Å². The Hall–Kier alpha value is -1.55. The summed E-state index contributed by atoms with van der Waals surface area (Å²) in [5.41, 5.74) is 0.670. The van der Waals surface area contributed by atoms with Crippen LogP contribution in [0.5, 0.6) is 0 Å². The van der Waals surface area contributed by atoms with Gasteiger partial charge in [-0.15, -0.1) is 0 Å². The zero-order valence-electron chi connectivity index (χ0n) is 10.6. The molecule has 4 nitrogen and oxygen atoms in total. The maximum absolute atomic E-state index is 12.2. The zero-order chi connectivity index (χ0) is 13.7. The molecule has 0 bridgehead atoms. The predicted molar refractivity (Wildman–Crippen MR) is 74.1 cm³/mol. The maximum Gasteiger partial charge on any atom is 0.230 e. The van der Waals surface area contributed by atoms with Gasteiger partial charge in [0, 0.05) is 18.1 Å². The van der Waals surface area contributed by atoms with Crippen molar-refractivity contribution < 1.29 is 9.59 Å². The fourth-order valence-electron chi connectivity index (χ4n) is 2.16. The van der Waals surface area contributed by atoms with Crippen LogP contribution in [0.1, 0.15) is 24.8 Å². The van der Waals surface area contributed by atoms with Crippen molar-refractivity contribution in [1.82, 2.24) is 10.6 Å². The lowest BCUT2D eigenvalue weighted by Gasteiger charge is -2.15. The molecule has 0 aromatic heterocycles. The molecule has 0 heterocycles. The molecule has 0 spiro atoms. The van der Waals surface area contributed by atoms with E-state index >= 15 is 0 Å². The highest BCUT2D eigenvalue weighted by Crippen LogP contribution is 2.48. The van der Waals surface area contributed by atoms with Gasteiger partial charge in [-0.05, 0) is 37.0 Å². The van der Waals surface area contributed by atoms with E-state index in [9.17, 15) is 9.59 Å². The fourth-order valence-corrected chi connectivity index (χ4v) is 2.29. The van der Waals surface area contributed by atoms with E-state index in [1.165, 1.54) is 0 Å². The third kappa shape index (κ3) is 3.26. The van der Waals surface area contributed by atoms with Crippen LogP contribution in [-0.2, 0) is 15.0 Å². The number of hydrogen-bond donors (Lipinski definition) is 2. The molecule has 1 aromatic carbocycles. The Morgan fingerprint density at radius 3 is 2.53 bits per heavy atom. The molecule has 0 radical (unpaired) electrons. The summed E-state index contributed by atoms with van der Waals surface area (Å²) in [6.45, 7) is 1.16. The SMILES string of the molecule is O=CNCCCNC(=O)C1(c2ccc(Cl)cc2)CC1. The number of benzene rings is 1. The largest absolute Gasteiger partial charge is 0.359 e. The van der Waals surface area contributed by atoms with Crippen molar-refractivity contribution in [3.8, 4) is 0 Å². The fraction of sp³-hybridized carbons (Fsp3) is 0.429. The summed E-state index contributed by atoms with van der Waals surface area (Å²) in [6.07, 6.45) is 3.17. The summed E-state index contributed by atoms with van der Waals surface area (Å²) in [6, 6.07) is 7.47. The Morgan fingerprint density at radius 1 is 1.26 bits per heavy atom.